The number of allylic oxidation sites excluding steroid dienone is 1. The van der Waals surface area contributed by atoms with Gasteiger partial charge in [-0.1, -0.05) is 255 Å². The van der Waals surface area contributed by atoms with E-state index in [9.17, 15) is 0 Å². The minimum absolute atomic E-state index is 0.229. The SMILES string of the molecule is C1=Cc2c(c3ccc4c5ccccc5n(-c5ccccc5)c4c3n2-c2nc(-c3nc(-n4c5ccccc5c5ccc6c7ccccc7n(-c7ccccc7)c6c54)nc(-n4c5ccccc5c5ccc6c7ccccc7n(-c7ccccc7)c6c54)n3)nc(-n3c4ccccc4c4ccc5c6ccccc6n(-c6ccccc6)c5c43)n2)CC1. The molecule has 0 unspecified atom stereocenters. The fourth-order valence-electron chi connectivity index (χ4n) is 19.8. The minimum Gasteiger partial charge on any atom is -0.307 e. The second-order valence-corrected chi connectivity index (χ2v) is 30.4. The fourth-order valence-corrected chi connectivity index (χ4v) is 19.8. The Labute approximate surface area is 660 Å². The van der Waals surface area contributed by atoms with Crippen molar-refractivity contribution in [3.05, 3.63) is 357 Å². The first-order valence-corrected chi connectivity index (χ1v) is 39.5. The zero-order valence-electron chi connectivity index (χ0n) is 62.2. The van der Waals surface area contributed by atoms with E-state index >= 15 is 0 Å². The molecule has 0 radical (unpaired) electrons. The van der Waals surface area contributed by atoms with Crippen LogP contribution in [0.1, 0.15) is 17.7 Å². The predicted octanol–water partition coefficient (Wildman–Crippen LogP) is 24.3. The van der Waals surface area contributed by atoms with Crippen LogP contribution in [0.4, 0.5) is 0 Å². The summed E-state index contributed by atoms with van der Waals surface area (Å²) in [6.07, 6.45) is 6.24. The van der Waals surface area contributed by atoms with Crippen LogP contribution in [0.15, 0.2) is 346 Å². The van der Waals surface area contributed by atoms with E-state index in [1.165, 1.54) is 5.56 Å². The second kappa shape index (κ2) is 23.9. The van der Waals surface area contributed by atoms with E-state index in [4.69, 9.17) is 29.9 Å². The number of rotatable bonds is 9. The first kappa shape index (κ1) is 62.9. The van der Waals surface area contributed by atoms with Crippen LogP contribution >= 0.6 is 0 Å². The van der Waals surface area contributed by atoms with Crippen molar-refractivity contribution in [2.45, 2.75) is 12.8 Å². The van der Waals surface area contributed by atoms with Gasteiger partial charge in [0.2, 0.25) is 35.4 Å². The van der Waals surface area contributed by atoms with Gasteiger partial charge in [0.05, 0.1) is 88.4 Å². The summed E-state index contributed by atoms with van der Waals surface area (Å²) in [5.41, 5.74) is 21.2. The number of hydrogen-bond donors (Lipinski definition) is 0. The molecule has 0 aliphatic heterocycles. The molecule has 26 rings (SSSR count). The van der Waals surface area contributed by atoms with Crippen molar-refractivity contribution in [3.8, 4) is 58.2 Å². The number of para-hydroxylation sites is 11. The Bertz CT molecular complexity index is 8330. The van der Waals surface area contributed by atoms with Crippen LogP contribution in [0, 0.1) is 0 Å². The molecule has 14 nitrogen and oxygen atoms in total. The van der Waals surface area contributed by atoms with Crippen molar-refractivity contribution < 1.29 is 0 Å². The molecule has 116 heavy (non-hydrogen) atoms. The van der Waals surface area contributed by atoms with Gasteiger partial charge in [0, 0.05) is 104 Å². The maximum atomic E-state index is 6.09. The molecule has 14 heteroatoms. The zero-order chi connectivity index (χ0) is 75.5. The van der Waals surface area contributed by atoms with Crippen molar-refractivity contribution in [2.24, 2.45) is 0 Å². The third kappa shape index (κ3) is 8.61. The molecule has 0 atom stereocenters. The molecule has 10 aromatic heterocycles. The van der Waals surface area contributed by atoms with Gasteiger partial charge in [-0.2, -0.15) is 29.9 Å². The molecule has 540 valence electrons. The van der Waals surface area contributed by atoms with Gasteiger partial charge in [-0.3, -0.25) is 18.3 Å². The summed E-state index contributed by atoms with van der Waals surface area (Å²) in [6, 6.07) is 122. The van der Waals surface area contributed by atoms with Gasteiger partial charge in [-0.15, -0.1) is 0 Å². The lowest BCUT2D eigenvalue weighted by Crippen LogP contribution is -2.15. The Balaban J connectivity index is 0.865. The molecule has 0 amide bonds. The summed E-state index contributed by atoms with van der Waals surface area (Å²) in [5.74, 6) is 1.96. The summed E-state index contributed by atoms with van der Waals surface area (Å²) < 4.78 is 18.8. The van der Waals surface area contributed by atoms with E-state index < -0.39 is 0 Å². The zero-order valence-corrected chi connectivity index (χ0v) is 62.2. The normalized spacial score (nSPS) is 12.7. The minimum atomic E-state index is 0.229. The molecule has 1 aliphatic rings. The molecular formula is C102H62N14. The smallest absolute Gasteiger partial charge is 0.240 e. The topological polar surface area (TPSA) is 117 Å². The molecule has 0 saturated heterocycles. The second-order valence-electron chi connectivity index (χ2n) is 30.4. The quantitative estimate of drug-likeness (QED) is 0.142. The van der Waals surface area contributed by atoms with E-state index in [2.05, 4.69) is 388 Å². The largest absolute Gasteiger partial charge is 0.307 e. The molecular weight excluding hydrogens is 1420 g/mol. The summed E-state index contributed by atoms with van der Waals surface area (Å²) in [5, 5.41) is 16.2. The third-order valence-corrected chi connectivity index (χ3v) is 24.4. The van der Waals surface area contributed by atoms with Crippen LogP contribution in [-0.4, -0.2) is 66.4 Å². The highest BCUT2D eigenvalue weighted by Gasteiger charge is 2.33. The summed E-state index contributed by atoms with van der Waals surface area (Å²) in [6.45, 7) is 0. The van der Waals surface area contributed by atoms with Gasteiger partial charge in [0.1, 0.15) is 0 Å². The van der Waals surface area contributed by atoms with Crippen LogP contribution in [-0.2, 0) is 6.42 Å². The number of benzene rings is 15. The maximum Gasteiger partial charge on any atom is 0.240 e. The molecule has 0 fully saturated rings. The highest BCUT2D eigenvalue weighted by atomic mass is 15.3. The molecule has 25 aromatic rings. The van der Waals surface area contributed by atoms with Crippen LogP contribution in [0.5, 0.6) is 0 Å². The van der Waals surface area contributed by atoms with E-state index in [0.717, 1.165) is 205 Å². The number of aryl methyl sites for hydroxylation is 1. The molecule has 0 N–H and O–H groups in total. The first-order chi connectivity index (χ1) is 57.6. The standard InChI is InChI=1S/C102H62N14/c1-5-29-61(30-6-1)109-81-45-21-13-37-65(81)73-53-57-77-69-41-17-25-49-85(69)113(93(77)89(73)109)99-103-97(104-100(107-99)114-86-50-26-18-42-70(86)78-58-54-74-66-38-14-22-46-82(66)110(90(74)94(78)114)62-31-7-2-8-32-62)98-105-101(115-87-51-27-19-43-71(87)79-59-55-75-67-39-15-23-47-83(67)111(91(75)95(79)115)63-33-9-3-10-34-63)108-102(106-98)116-88-52-28-20-44-72(88)80-60-56-76-68-40-16-24-48-84(68)112(92(76)96(80)116)64-35-11-4-12-36-64/h1-19,21-43,45-60H,20,44H2. The highest BCUT2D eigenvalue weighted by molar-refractivity contribution is 6.27. The lowest BCUT2D eigenvalue weighted by molar-refractivity contribution is 0.844. The average molecular weight is 1480 g/mol. The van der Waals surface area contributed by atoms with Crippen LogP contribution in [0.3, 0.4) is 0 Å². The summed E-state index contributed by atoms with van der Waals surface area (Å²) in [4.78, 5) is 36.4. The van der Waals surface area contributed by atoms with E-state index in [1.54, 1.807) is 0 Å². The summed E-state index contributed by atoms with van der Waals surface area (Å²) in [7, 11) is 0. The molecule has 0 saturated carbocycles. The van der Waals surface area contributed by atoms with Crippen LogP contribution < -0.4 is 0 Å². The maximum absolute atomic E-state index is 6.09. The van der Waals surface area contributed by atoms with E-state index in [1.807, 2.05) is 0 Å². The fraction of sp³-hybridized carbons (Fsp3) is 0.0196. The van der Waals surface area contributed by atoms with Crippen molar-refractivity contribution in [3.63, 3.8) is 0 Å². The lowest BCUT2D eigenvalue weighted by atomic mass is 10.00. The predicted molar refractivity (Wildman–Crippen MR) is 473 cm³/mol. The van der Waals surface area contributed by atoms with Crippen LogP contribution in [0.25, 0.3) is 228 Å². The van der Waals surface area contributed by atoms with Gasteiger partial charge in [0.15, 0.2) is 0 Å². The monoisotopic (exact) mass is 1480 g/mol. The Morgan fingerprint density at radius 1 is 0.181 bits per heavy atom. The van der Waals surface area contributed by atoms with Crippen LogP contribution in [0.2, 0.25) is 0 Å². The first-order valence-electron chi connectivity index (χ1n) is 39.5. The highest BCUT2D eigenvalue weighted by Crippen LogP contribution is 2.48. The lowest BCUT2D eigenvalue weighted by Gasteiger charge is -2.17. The Kier molecular flexibility index (Phi) is 12.9. The van der Waals surface area contributed by atoms with E-state index in [0.29, 0.717) is 23.8 Å². The molecule has 0 bridgehead atoms. The Morgan fingerprint density at radius 3 is 0.672 bits per heavy atom. The van der Waals surface area contributed by atoms with Crippen molar-refractivity contribution in [2.75, 3.05) is 0 Å². The number of hydrogen-bond acceptors (Lipinski definition) is 6. The molecule has 10 heterocycles. The Morgan fingerprint density at radius 2 is 0.397 bits per heavy atom. The van der Waals surface area contributed by atoms with Gasteiger partial charge >= 0.3 is 0 Å². The number of nitrogens with zero attached hydrogens (tertiary/aromatic N) is 14. The molecule has 1 aliphatic carbocycles. The average Bonchev–Trinajstić information content (AvgIpc) is 1.54. The van der Waals surface area contributed by atoms with Gasteiger partial charge in [-0.05, 0) is 115 Å². The molecule has 15 aromatic carbocycles. The Hall–Kier alpha value is -15.8. The molecule has 0 spiro atoms. The van der Waals surface area contributed by atoms with Gasteiger partial charge in [0.25, 0.3) is 0 Å². The van der Waals surface area contributed by atoms with E-state index in [-0.39, 0.29) is 11.6 Å². The van der Waals surface area contributed by atoms with Gasteiger partial charge in [-0.25, -0.2) is 0 Å². The van der Waals surface area contributed by atoms with Crippen molar-refractivity contribution in [1.82, 2.24) is 66.4 Å². The number of fused-ring (bicyclic) bond motifs is 28. The van der Waals surface area contributed by atoms with Gasteiger partial charge < -0.3 is 18.3 Å². The number of aromatic nitrogens is 14. The van der Waals surface area contributed by atoms with Crippen molar-refractivity contribution >= 4 is 170 Å². The van der Waals surface area contributed by atoms with Crippen molar-refractivity contribution in [1.29, 1.82) is 0 Å². The third-order valence-electron chi connectivity index (χ3n) is 24.4. The summed E-state index contributed by atoms with van der Waals surface area (Å²) >= 11 is 0.